The zero-order valence-corrected chi connectivity index (χ0v) is 17.8. The highest BCUT2D eigenvalue weighted by Crippen LogP contribution is 2.78. The fraction of sp³-hybridized carbons (Fsp3) is 0.636. The van der Waals surface area contributed by atoms with Gasteiger partial charge in [0.25, 0.3) is 0 Å². The lowest BCUT2D eigenvalue weighted by Gasteiger charge is -2.34. The van der Waals surface area contributed by atoms with Crippen LogP contribution in [-0.2, 0) is 16.3 Å². The second-order valence-corrected chi connectivity index (χ2v) is 12.2. The van der Waals surface area contributed by atoms with Gasteiger partial charge in [-0.1, -0.05) is 107 Å². The van der Waals surface area contributed by atoms with Crippen LogP contribution in [-0.4, -0.2) is 12.3 Å². The van der Waals surface area contributed by atoms with Crippen LogP contribution in [0.4, 0.5) is 0 Å². The molecule has 2 aliphatic rings. The van der Waals surface area contributed by atoms with Crippen molar-refractivity contribution in [3.63, 3.8) is 0 Å². The van der Waals surface area contributed by atoms with Gasteiger partial charge in [0.1, 0.15) is 0 Å². The maximum absolute atomic E-state index is 6.60. The van der Waals surface area contributed by atoms with Gasteiger partial charge in [-0.05, 0) is 18.9 Å². The molecule has 0 aliphatic carbocycles. The van der Waals surface area contributed by atoms with Gasteiger partial charge in [0, 0.05) is 16.9 Å². The normalized spacial score (nSPS) is 31.1. The molecule has 0 spiro atoms. The van der Waals surface area contributed by atoms with Crippen molar-refractivity contribution in [2.75, 3.05) is 6.16 Å². The molecule has 2 heterocycles. The van der Waals surface area contributed by atoms with Crippen molar-refractivity contribution in [1.29, 1.82) is 0 Å². The SMILES string of the molecule is CCCCCCCCC[C@@H]1O[P@@]2(=S)C[C@]1(C)C(C)=C2c1ccccc1. The van der Waals surface area contributed by atoms with Crippen LogP contribution in [0, 0.1) is 5.41 Å². The molecular weight excluding hydrogens is 343 g/mol. The molecule has 0 radical (unpaired) electrons. The average molecular weight is 377 g/mol. The lowest BCUT2D eigenvalue weighted by atomic mass is 9.77. The summed E-state index contributed by atoms with van der Waals surface area (Å²) in [7, 11) is 0. The summed E-state index contributed by atoms with van der Waals surface area (Å²) in [5, 5.41) is 1.38. The second-order valence-electron chi connectivity index (χ2n) is 8.09. The number of benzene rings is 1. The van der Waals surface area contributed by atoms with E-state index in [0.29, 0.717) is 6.10 Å². The molecular formula is C22H33OPS. The number of hydrogen-bond donors (Lipinski definition) is 0. The molecule has 25 heavy (non-hydrogen) atoms. The first-order valence-corrected chi connectivity index (χ1v) is 13.0. The summed E-state index contributed by atoms with van der Waals surface area (Å²) in [5.74, 6) is 0. The predicted molar refractivity (Wildman–Crippen MR) is 114 cm³/mol. The zero-order chi connectivity index (χ0) is 17.9. The number of unbranched alkanes of at least 4 members (excludes halogenated alkanes) is 6. The van der Waals surface area contributed by atoms with Gasteiger partial charge in [-0.2, -0.15) is 0 Å². The van der Waals surface area contributed by atoms with Gasteiger partial charge in [0.05, 0.1) is 12.4 Å². The van der Waals surface area contributed by atoms with Gasteiger partial charge >= 0.3 is 0 Å². The van der Waals surface area contributed by atoms with Crippen molar-refractivity contribution in [2.24, 2.45) is 5.41 Å². The molecule has 0 aromatic heterocycles. The first-order valence-electron chi connectivity index (χ1n) is 10.1. The quantitative estimate of drug-likeness (QED) is 0.328. The summed E-state index contributed by atoms with van der Waals surface area (Å²) < 4.78 is 6.60. The van der Waals surface area contributed by atoms with Crippen LogP contribution in [0.25, 0.3) is 5.31 Å². The van der Waals surface area contributed by atoms with Crippen LogP contribution in [0.3, 0.4) is 0 Å². The summed E-state index contributed by atoms with van der Waals surface area (Å²) in [6.07, 6.45) is 10.3. The molecule has 0 saturated carbocycles. The molecule has 1 aromatic carbocycles. The molecule has 1 fully saturated rings. The maximum Gasteiger partial charge on any atom is 0.0966 e. The Morgan fingerprint density at radius 3 is 2.36 bits per heavy atom. The minimum atomic E-state index is -1.84. The first kappa shape index (κ1) is 19.3. The van der Waals surface area contributed by atoms with Crippen molar-refractivity contribution in [1.82, 2.24) is 0 Å². The minimum Gasteiger partial charge on any atom is -0.342 e. The molecule has 1 saturated heterocycles. The average Bonchev–Trinajstić information content (AvgIpc) is 2.97. The molecule has 138 valence electrons. The van der Waals surface area contributed by atoms with Crippen molar-refractivity contribution in [2.45, 2.75) is 78.2 Å². The van der Waals surface area contributed by atoms with E-state index in [4.69, 9.17) is 16.3 Å². The van der Waals surface area contributed by atoms with Gasteiger partial charge in [0.15, 0.2) is 0 Å². The molecule has 3 heteroatoms. The third kappa shape index (κ3) is 3.82. The topological polar surface area (TPSA) is 9.23 Å². The Labute approximate surface area is 159 Å². The maximum atomic E-state index is 6.60. The molecule has 2 bridgehead atoms. The van der Waals surface area contributed by atoms with Crippen molar-refractivity contribution in [3.05, 3.63) is 41.5 Å². The van der Waals surface area contributed by atoms with Crippen molar-refractivity contribution < 1.29 is 4.52 Å². The zero-order valence-electron chi connectivity index (χ0n) is 16.1. The fourth-order valence-electron chi connectivity index (χ4n) is 4.58. The van der Waals surface area contributed by atoms with Gasteiger partial charge in [0.2, 0.25) is 0 Å². The minimum absolute atomic E-state index is 0.170. The monoisotopic (exact) mass is 376 g/mol. The summed E-state index contributed by atoms with van der Waals surface area (Å²) in [4.78, 5) is 0. The molecule has 3 atom stereocenters. The van der Waals surface area contributed by atoms with Gasteiger partial charge in [-0.15, -0.1) is 0 Å². The van der Waals surface area contributed by atoms with E-state index in [0.717, 1.165) is 6.16 Å². The Morgan fingerprint density at radius 2 is 1.72 bits per heavy atom. The van der Waals surface area contributed by atoms with E-state index in [1.54, 1.807) is 0 Å². The van der Waals surface area contributed by atoms with E-state index < -0.39 is 6.26 Å². The number of fused-ring (bicyclic) bond motifs is 2. The summed E-state index contributed by atoms with van der Waals surface area (Å²) in [6, 6.07) is 10.7. The van der Waals surface area contributed by atoms with Crippen LogP contribution in [0.1, 0.15) is 77.7 Å². The Bertz CT molecular complexity index is 666. The van der Waals surface area contributed by atoms with Crippen LogP contribution < -0.4 is 0 Å². The number of hydrogen-bond acceptors (Lipinski definition) is 2. The third-order valence-corrected chi connectivity index (χ3v) is 10.4. The van der Waals surface area contributed by atoms with E-state index >= 15 is 0 Å². The lowest BCUT2D eigenvalue weighted by Crippen LogP contribution is -2.31. The Kier molecular flexibility index (Phi) is 6.24. The second kappa shape index (κ2) is 8.07. The van der Waals surface area contributed by atoms with E-state index in [2.05, 4.69) is 51.1 Å². The molecule has 0 N–H and O–H groups in total. The Hall–Kier alpha value is -0.430. The van der Waals surface area contributed by atoms with E-state index in [-0.39, 0.29) is 5.41 Å². The van der Waals surface area contributed by atoms with Crippen LogP contribution in [0.15, 0.2) is 35.9 Å². The van der Waals surface area contributed by atoms with Crippen LogP contribution in [0.2, 0.25) is 0 Å². The third-order valence-electron chi connectivity index (χ3n) is 6.21. The highest BCUT2D eigenvalue weighted by atomic mass is 32.4. The summed E-state index contributed by atoms with van der Waals surface area (Å²) in [6.45, 7) is 7.00. The number of rotatable bonds is 9. The van der Waals surface area contributed by atoms with Gasteiger partial charge in [-0.25, -0.2) is 0 Å². The Morgan fingerprint density at radius 1 is 1.08 bits per heavy atom. The molecule has 1 nitrogen and oxygen atoms in total. The summed E-state index contributed by atoms with van der Waals surface area (Å²) >= 11 is 6.12. The van der Waals surface area contributed by atoms with Crippen LogP contribution >= 0.6 is 6.26 Å². The lowest BCUT2D eigenvalue weighted by molar-refractivity contribution is 0.134. The highest BCUT2D eigenvalue weighted by Gasteiger charge is 2.57. The Balaban J connectivity index is 1.62. The highest BCUT2D eigenvalue weighted by molar-refractivity contribution is 8.17. The first-order chi connectivity index (χ1) is 12.0. The molecule has 2 aliphatic heterocycles. The van der Waals surface area contributed by atoms with E-state index in [9.17, 15) is 0 Å². The smallest absolute Gasteiger partial charge is 0.0966 e. The fourth-order valence-corrected chi connectivity index (χ4v) is 10.1. The van der Waals surface area contributed by atoms with Crippen LogP contribution in [0.5, 0.6) is 0 Å². The van der Waals surface area contributed by atoms with E-state index in [1.807, 2.05) is 0 Å². The molecule has 0 unspecified atom stereocenters. The summed E-state index contributed by atoms with van der Waals surface area (Å²) in [5.41, 5.74) is 2.98. The largest absolute Gasteiger partial charge is 0.342 e. The standard InChI is InChI=1S/C22H33OPS/c1-4-5-6-7-8-9-13-16-20-22(3)17-24(25,23-20)21(18(22)2)19-14-11-10-12-15-19/h10-12,14-15,20H,4-9,13,16-17H2,1-3H3/t20-,22+,24+/m0/s1. The molecule has 3 rings (SSSR count). The predicted octanol–water partition coefficient (Wildman–Crippen LogP) is 7.37. The van der Waals surface area contributed by atoms with Crippen molar-refractivity contribution in [3.8, 4) is 0 Å². The molecule has 0 amide bonds. The van der Waals surface area contributed by atoms with Gasteiger partial charge in [-0.3, -0.25) is 0 Å². The molecule has 1 aromatic rings. The van der Waals surface area contributed by atoms with Crippen molar-refractivity contribution >= 4 is 23.4 Å². The van der Waals surface area contributed by atoms with Gasteiger partial charge < -0.3 is 4.52 Å². The van der Waals surface area contributed by atoms with E-state index in [1.165, 1.54) is 67.8 Å².